The second-order valence-electron chi connectivity index (χ2n) is 6.41. The van der Waals surface area contributed by atoms with Gasteiger partial charge in [-0.2, -0.15) is 4.98 Å². The molecule has 6 nitrogen and oxygen atoms in total. The van der Waals surface area contributed by atoms with Crippen LogP contribution in [0.15, 0.2) is 33.9 Å². The van der Waals surface area contributed by atoms with Gasteiger partial charge in [0.15, 0.2) is 11.6 Å². The SMILES string of the molecule is C[C@@H](Sc1n[nH]c(-c2ccccc2F)n1)c1nc(C(C)(C)C)no1. The van der Waals surface area contributed by atoms with Gasteiger partial charge in [0.25, 0.3) is 0 Å². The summed E-state index contributed by atoms with van der Waals surface area (Å²) in [5, 5.41) is 11.3. The van der Waals surface area contributed by atoms with E-state index in [4.69, 9.17) is 4.52 Å². The molecule has 0 radical (unpaired) electrons. The molecule has 0 aliphatic rings. The van der Waals surface area contributed by atoms with Gasteiger partial charge in [-0.1, -0.05) is 49.8 Å². The van der Waals surface area contributed by atoms with Crippen molar-refractivity contribution in [3.8, 4) is 11.4 Å². The van der Waals surface area contributed by atoms with Crippen molar-refractivity contribution in [2.45, 2.75) is 43.5 Å². The van der Waals surface area contributed by atoms with Gasteiger partial charge >= 0.3 is 0 Å². The van der Waals surface area contributed by atoms with E-state index in [0.717, 1.165) is 0 Å². The Balaban J connectivity index is 1.75. The molecular weight excluding hydrogens is 329 g/mol. The minimum Gasteiger partial charge on any atom is -0.338 e. The molecule has 1 aromatic carbocycles. The van der Waals surface area contributed by atoms with Crippen LogP contribution in [0.3, 0.4) is 0 Å². The van der Waals surface area contributed by atoms with Crippen LogP contribution in [0.1, 0.15) is 44.7 Å². The minimum absolute atomic E-state index is 0.113. The lowest BCUT2D eigenvalue weighted by Gasteiger charge is -2.11. The first-order chi connectivity index (χ1) is 11.3. The van der Waals surface area contributed by atoms with Crippen LogP contribution in [0.5, 0.6) is 0 Å². The van der Waals surface area contributed by atoms with Crippen LogP contribution >= 0.6 is 11.8 Å². The fourth-order valence-electron chi connectivity index (χ4n) is 1.99. The summed E-state index contributed by atoms with van der Waals surface area (Å²) in [6.45, 7) is 8.00. The smallest absolute Gasteiger partial charge is 0.239 e. The van der Waals surface area contributed by atoms with Crippen LogP contribution in [-0.2, 0) is 5.41 Å². The predicted molar refractivity (Wildman–Crippen MR) is 89.0 cm³/mol. The highest BCUT2D eigenvalue weighted by atomic mass is 32.2. The van der Waals surface area contributed by atoms with Crippen molar-refractivity contribution in [3.63, 3.8) is 0 Å². The molecular formula is C16H18FN5OS. The molecule has 0 saturated heterocycles. The number of nitrogens with one attached hydrogen (secondary N) is 1. The molecule has 3 rings (SSSR count). The molecule has 0 amide bonds. The zero-order valence-electron chi connectivity index (χ0n) is 13.9. The van der Waals surface area contributed by atoms with E-state index in [1.807, 2.05) is 27.7 Å². The number of thioether (sulfide) groups is 1. The molecule has 0 saturated carbocycles. The summed E-state index contributed by atoms with van der Waals surface area (Å²) < 4.78 is 19.1. The third-order valence-electron chi connectivity index (χ3n) is 3.34. The molecule has 0 fully saturated rings. The maximum absolute atomic E-state index is 13.8. The Labute approximate surface area is 143 Å². The van der Waals surface area contributed by atoms with E-state index in [0.29, 0.717) is 28.3 Å². The van der Waals surface area contributed by atoms with E-state index in [9.17, 15) is 4.39 Å². The Morgan fingerprint density at radius 2 is 1.96 bits per heavy atom. The highest BCUT2D eigenvalue weighted by Gasteiger charge is 2.24. The summed E-state index contributed by atoms with van der Waals surface area (Å²) in [5.74, 6) is 1.22. The van der Waals surface area contributed by atoms with Gasteiger partial charge in [-0.05, 0) is 19.1 Å². The van der Waals surface area contributed by atoms with Gasteiger partial charge in [-0.3, -0.25) is 5.10 Å². The van der Waals surface area contributed by atoms with E-state index < -0.39 is 0 Å². The van der Waals surface area contributed by atoms with Gasteiger partial charge in [0.1, 0.15) is 5.82 Å². The summed E-state index contributed by atoms with van der Waals surface area (Å²) in [6, 6.07) is 6.43. The molecule has 1 atom stereocenters. The van der Waals surface area contributed by atoms with Gasteiger partial charge in [-0.15, -0.1) is 5.10 Å². The van der Waals surface area contributed by atoms with Gasteiger partial charge in [-0.25, -0.2) is 9.37 Å². The molecule has 0 unspecified atom stereocenters. The van der Waals surface area contributed by atoms with Gasteiger partial charge in [0, 0.05) is 5.41 Å². The number of hydrogen-bond acceptors (Lipinski definition) is 6. The lowest BCUT2D eigenvalue weighted by atomic mass is 9.96. The molecule has 0 aliphatic heterocycles. The molecule has 0 aliphatic carbocycles. The number of aromatic amines is 1. The van der Waals surface area contributed by atoms with Gasteiger partial charge in [0.05, 0.1) is 10.8 Å². The maximum atomic E-state index is 13.8. The van der Waals surface area contributed by atoms with Crippen molar-refractivity contribution < 1.29 is 8.91 Å². The molecule has 126 valence electrons. The largest absolute Gasteiger partial charge is 0.338 e. The van der Waals surface area contributed by atoms with Crippen LogP contribution in [0.25, 0.3) is 11.4 Å². The first-order valence-corrected chi connectivity index (χ1v) is 8.40. The first kappa shape index (κ1) is 16.6. The standard InChI is InChI=1S/C16H18FN5OS/c1-9(13-19-14(22-23-13)16(2,3)4)24-15-18-12(20-21-15)10-7-5-6-8-11(10)17/h5-9H,1-4H3,(H,18,20,21)/t9-/m1/s1. The van der Waals surface area contributed by atoms with Crippen molar-refractivity contribution in [2.75, 3.05) is 0 Å². The lowest BCUT2D eigenvalue weighted by molar-refractivity contribution is 0.364. The second kappa shape index (κ2) is 6.35. The third-order valence-corrected chi connectivity index (χ3v) is 4.28. The summed E-state index contributed by atoms with van der Waals surface area (Å²) >= 11 is 1.37. The Morgan fingerprint density at radius 3 is 2.62 bits per heavy atom. The third kappa shape index (κ3) is 3.48. The van der Waals surface area contributed by atoms with Crippen molar-refractivity contribution in [2.24, 2.45) is 0 Å². The molecule has 1 N–H and O–H groups in total. The van der Waals surface area contributed by atoms with E-state index in [-0.39, 0.29) is 16.5 Å². The Hall–Kier alpha value is -2.22. The van der Waals surface area contributed by atoms with Gasteiger partial charge in [0.2, 0.25) is 11.0 Å². The van der Waals surface area contributed by atoms with E-state index in [2.05, 4.69) is 25.3 Å². The predicted octanol–water partition coefficient (Wildman–Crippen LogP) is 4.14. The number of benzene rings is 1. The molecule has 3 aromatic rings. The number of rotatable bonds is 4. The first-order valence-electron chi connectivity index (χ1n) is 7.52. The quantitative estimate of drug-likeness (QED) is 0.714. The minimum atomic E-state index is -0.343. The summed E-state index contributed by atoms with van der Waals surface area (Å²) in [5.41, 5.74) is 0.215. The molecule has 24 heavy (non-hydrogen) atoms. The number of H-pyrrole nitrogens is 1. The summed E-state index contributed by atoms with van der Waals surface area (Å²) in [7, 11) is 0. The second-order valence-corrected chi connectivity index (χ2v) is 7.72. The van der Waals surface area contributed by atoms with Crippen molar-refractivity contribution in [1.29, 1.82) is 0 Å². The zero-order chi connectivity index (χ0) is 17.3. The van der Waals surface area contributed by atoms with E-state index in [1.54, 1.807) is 18.2 Å². The van der Waals surface area contributed by atoms with Crippen LogP contribution in [0, 0.1) is 5.82 Å². The maximum Gasteiger partial charge on any atom is 0.239 e. The monoisotopic (exact) mass is 347 g/mol. The normalized spacial score (nSPS) is 13.2. The van der Waals surface area contributed by atoms with E-state index >= 15 is 0 Å². The van der Waals surface area contributed by atoms with Crippen LogP contribution in [0.2, 0.25) is 0 Å². The van der Waals surface area contributed by atoms with Crippen molar-refractivity contribution in [3.05, 3.63) is 41.8 Å². The average Bonchev–Trinajstić information content (AvgIpc) is 3.16. The average molecular weight is 347 g/mol. The molecule has 2 heterocycles. The number of hydrogen-bond donors (Lipinski definition) is 1. The number of aromatic nitrogens is 5. The van der Waals surface area contributed by atoms with Crippen molar-refractivity contribution >= 4 is 11.8 Å². The summed E-state index contributed by atoms with van der Waals surface area (Å²) in [4.78, 5) is 8.76. The highest BCUT2D eigenvalue weighted by Crippen LogP contribution is 2.33. The van der Waals surface area contributed by atoms with E-state index in [1.165, 1.54) is 17.8 Å². The number of nitrogens with zero attached hydrogens (tertiary/aromatic N) is 4. The molecule has 2 aromatic heterocycles. The van der Waals surface area contributed by atoms with Crippen LogP contribution < -0.4 is 0 Å². The summed E-state index contributed by atoms with van der Waals surface area (Å²) in [6.07, 6.45) is 0. The Morgan fingerprint density at radius 1 is 1.21 bits per heavy atom. The Kier molecular flexibility index (Phi) is 4.40. The zero-order valence-corrected chi connectivity index (χ0v) is 14.7. The molecule has 0 spiro atoms. The fourth-order valence-corrected chi connectivity index (χ4v) is 2.74. The van der Waals surface area contributed by atoms with Crippen LogP contribution in [0.4, 0.5) is 4.39 Å². The number of halogens is 1. The molecule has 8 heteroatoms. The fraction of sp³-hybridized carbons (Fsp3) is 0.375. The molecule has 0 bridgehead atoms. The Bertz CT molecular complexity index is 839. The van der Waals surface area contributed by atoms with Crippen molar-refractivity contribution in [1.82, 2.24) is 25.3 Å². The van der Waals surface area contributed by atoms with Crippen LogP contribution in [-0.4, -0.2) is 25.3 Å². The lowest BCUT2D eigenvalue weighted by Crippen LogP contribution is -2.13. The van der Waals surface area contributed by atoms with Gasteiger partial charge < -0.3 is 4.52 Å². The highest BCUT2D eigenvalue weighted by molar-refractivity contribution is 7.99. The topological polar surface area (TPSA) is 80.5 Å².